The highest BCUT2D eigenvalue weighted by Gasteiger charge is 2.39. The van der Waals surface area contributed by atoms with Crippen LogP contribution in [0.25, 0.3) is 0 Å². The second-order valence-corrected chi connectivity index (χ2v) is 13.2. The van der Waals surface area contributed by atoms with E-state index in [2.05, 4.69) is 79.0 Å². The van der Waals surface area contributed by atoms with Crippen molar-refractivity contribution < 1.29 is 4.43 Å². The summed E-state index contributed by atoms with van der Waals surface area (Å²) in [6.45, 7) is 13.9. The van der Waals surface area contributed by atoms with Crippen LogP contribution in [0.3, 0.4) is 0 Å². The Labute approximate surface area is 139 Å². The first kappa shape index (κ1) is 17.0. The van der Waals surface area contributed by atoms with Gasteiger partial charge in [-0.15, -0.1) is 0 Å². The van der Waals surface area contributed by atoms with Crippen molar-refractivity contribution >= 4 is 29.9 Å². The lowest BCUT2D eigenvalue weighted by atomic mass is 10.1. The Morgan fingerprint density at radius 1 is 1.10 bits per heavy atom. The molecule has 1 aromatic rings. The summed E-state index contributed by atoms with van der Waals surface area (Å²) in [6, 6.07) is 8.62. The van der Waals surface area contributed by atoms with Crippen molar-refractivity contribution in [2.45, 2.75) is 57.8 Å². The third-order valence-corrected chi connectivity index (χ3v) is 9.96. The number of anilines is 1. The van der Waals surface area contributed by atoms with E-state index in [9.17, 15) is 0 Å². The van der Waals surface area contributed by atoms with Gasteiger partial charge in [-0.25, -0.2) is 0 Å². The molecule has 4 heteroatoms. The van der Waals surface area contributed by atoms with Gasteiger partial charge in [0.1, 0.15) is 0 Å². The summed E-state index contributed by atoms with van der Waals surface area (Å²) in [5.41, 5.74) is 1.32. The lowest BCUT2D eigenvalue weighted by Gasteiger charge is -2.42. The number of piperidine rings is 1. The molecule has 0 radical (unpaired) electrons. The molecule has 1 saturated heterocycles. The summed E-state index contributed by atoms with van der Waals surface area (Å²) in [7, 11) is -1.63. The van der Waals surface area contributed by atoms with Gasteiger partial charge >= 0.3 is 0 Å². The average Bonchev–Trinajstić information content (AvgIpc) is 2.39. The van der Waals surface area contributed by atoms with E-state index in [-0.39, 0.29) is 0 Å². The third-order valence-electron chi connectivity index (χ3n) is 4.90. The van der Waals surface area contributed by atoms with Crippen LogP contribution < -0.4 is 4.90 Å². The minimum atomic E-state index is -1.63. The molecule has 1 aromatic carbocycles. The normalized spacial score (nSPS) is 18.1. The van der Waals surface area contributed by atoms with Crippen LogP contribution in [-0.2, 0) is 4.43 Å². The van der Waals surface area contributed by atoms with Crippen molar-refractivity contribution in [3.63, 3.8) is 0 Å². The predicted molar refractivity (Wildman–Crippen MR) is 97.7 cm³/mol. The van der Waals surface area contributed by atoms with Gasteiger partial charge in [0.15, 0.2) is 8.32 Å². The standard InChI is InChI=1S/C17H28BrNOSi/c1-17(2,3)21(4,5)20-16-10-12-19(13-11-16)15-8-6-14(18)7-9-15/h6-9,16H,10-13H2,1-5H3. The molecule has 0 saturated carbocycles. The minimum absolute atomic E-state index is 0.301. The molecular formula is C17H28BrNOSi. The summed E-state index contributed by atoms with van der Waals surface area (Å²) in [5.74, 6) is 0. The monoisotopic (exact) mass is 369 g/mol. The van der Waals surface area contributed by atoms with Gasteiger partial charge in [-0.3, -0.25) is 0 Å². The molecule has 2 nitrogen and oxygen atoms in total. The smallest absolute Gasteiger partial charge is 0.192 e. The van der Waals surface area contributed by atoms with E-state index in [4.69, 9.17) is 4.43 Å². The maximum absolute atomic E-state index is 6.55. The van der Waals surface area contributed by atoms with E-state index in [1.807, 2.05) is 0 Å². The Bertz CT molecular complexity index is 459. The molecule has 0 N–H and O–H groups in total. The van der Waals surface area contributed by atoms with Crippen molar-refractivity contribution in [2.75, 3.05) is 18.0 Å². The first-order chi connectivity index (χ1) is 9.69. The second kappa shape index (κ2) is 6.43. The second-order valence-electron chi connectivity index (χ2n) is 7.54. The third kappa shape index (κ3) is 4.33. The first-order valence-corrected chi connectivity index (χ1v) is 11.6. The summed E-state index contributed by atoms with van der Waals surface area (Å²) in [6.07, 6.45) is 2.73. The van der Waals surface area contributed by atoms with Crippen LogP contribution in [0.15, 0.2) is 28.7 Å². The zero-order valence-electron chi connectivity index (χ0n) is 13.9. The fourth-order valence-electron chi connectivity index (χ4n) is 2.48. The molecule has 1 heterocycles. The van der Waals surface area contributed by atoms with Crippen LogP contribution in [0, 0.1) is 0 Å². The fraction of sp³-hybridized carbons (Fsp3) is 0.647. The molecule has 0 aromatic heterocycles. The lowest BCUT2D eigenvalue weighted by molar-refractivity contribution is 0.152. The highest BCUT2D eigenvalue weighted by molar-refractivity contribution is 9.10. The SMILES string of the molecule is CC(C)(C)[Si](C)(C)OC1CCN(c2ccc(Br)cc2)CC1. The lowest BCUT2D eigenvalue weighted by Crippen LogP contribution is -2.47. The van der Waals surface area contributed by atoms with Crippen LogP contribution in [0.1, 0.15) is 33.6 Å². The first-order valence-electron chi connectivity index (χ1n) is 7.87. The predicted octanol–water partition coefficient (Wildman–Crippen LogP) is 5.44. The number of hydrogen-bond donors (Lipinski definition) is 0. The zero-order valence-corrected chi connectivity index (χ0v) is 16.5. The Balaban J connectivity index is 1.90. The number of hydrogen-bond acceptors (Lipinski definition) is 2. The molecule has 1 aliphatic rings. The Kier molecular flexibility index (Phi) is 5.22. The van der Waals surface area contributed by atoms with Gasteiger partial charge in [-0.05, 0) is 55.2 Å². The zero-order chi connectivity index (χ0) is 15.7. The molecular weight excluding hydrogens is 342 g/mol. The van der Waals surface area contributed by atoms with Gasteiger partial charge in [0.2, 0.25) is 0 Å². The van der Waals surface area contributed by atoms with Crippen LogP contribution in [0.4, 0.5) is 5.69 Å². The van der Waals surface area contributed by atoms with Crippen LogP contribution in [0.5, 0.6) is 0 Å². The maximum atomic E-state index is 6.55. The van der Waals surface area contributed by atoms with Gasteiger partial charge in [0.05, 0.1) is 0 Å². The molecule has 1 fully saturated rings. The highest BCUT2D eigenvalue weighted by Crippen LogP contribution is 2.38. The Hall–Kier alpha value is -0.323. The Morgan fingerprint density at radius 3 is 2.10 bits per heavy atom. The highest BCUT2D eigenvalue weighted by atomic mass is 79.9. The van der Waals surface area contributed by atoms with Gasteiger partial charge in [-0.1, -0.05) is 36.7 Å². The molecule has 0 bridgehead atoms. The summed E-state index contributed by atoms with van der Waals surface area (Å²) < 4.78 is 7.69. The molecule has 1 aliphatic heterocycles. The molecule has 0 atom stereocenters. The summed E-state index contributed by atoms with van der Waals surface area (Å²) in [4.78, 5) is 2.47. The van der Waals surface area contributed by atoms with Gasteiger partial charge in [0, 0.05) is 29.4 Å². The Morgan fingerprint density at radius 2 is 1.62 bits per heavy atom. The maximum Gasteiger partial charge on any atom is 0.192 e. The van der Waals surface area contributed by atoms with Gasteiger partial charge in [0.25, 0.3) is 0 Å². The van der Waals surface area contributed by atoms with E-state index in [1.165, 1.54) is 5.69 Å². The number of nitrogens with zero attached hydrogens (tertiary/aromatic N) is 1. The number of benzene rings is 1. The van der Waals surface area contributed by atoms with Crippen molar-refractivity contribution in [1.29, 1.82) is 0 Å². The fourth-order valence-corrected chi connectivity index (χ4v) is 4.16. The van der Waals surface area contributed by atoms with Crippen LogP contribution in [0.2, 0.25) is 18.1 Å². The largest absolute Gasteiger partial charge is 0.414 e. The minimum Gasteiger partial charge on any atom is -0.414 e. The molecule has 2 rings (SSSR count). The van der Waals surface area contributed by atoms with Crippen LogP contribution in [-0.4, -0.2) is 27.5 Å². The molecule has 0 aliphatic carbocycles. The van der Waals surface area contributed by atoms with E-state index in [0.29, 0.717) is 11.1 Å². The van der Waals surface area contributed by atoms with E-state index in [1.54, 1.807) is 0 Å². The number of halogens is 1. The molecule has 118 valence electrons. The quantitative estimate of drug-likeness (QED) is 0.657. The topological polar surface area (TPSA) is 12.5 Å². The van der Waals surface area contributed by atoms with Crippen LogP contribution >= 0.6 is 15.9 Å². The summed E-state index contributed by atoms with van der Waals surface area (Å²) >= 11 is 3.50. The molecule has 21 heavy (non-hydrogen) atoms. The van der Waals surface area contributed by atoms with E-state index >= 15 is 0 Å². The van der Waals surface area contributed by atoms with Crippen molar-refractivity contribution in [3.8, 4) is 0 Å². The average molecular weight is 370 g/mol. The molecule has 0 spiro atoms. The van der Waals surface area contributed by atoms with Gasteiger partial charge < -0.3 is 9.33 Å². The van der Waals surface area contributed by atoms with Crippen molar-refractivity contribution in [2.24, 2.45) is 0 Å². The number of rotatable bonds is 3. The van der Waals surface area contributed by atoms with E-state index < -0.39 is 8.32 Å². The van der Waals surface area contributed by atoms with Crippen molar-refractivity contribution in [1.82, 2.24) is 0 Å². The molecule has 0 amide bonds. The summed E-state index contributed by atoms with van der Waals surface area (Å²) in [5, 5.41) is 0.301. The van der Waals surface area contributed by atoms with Crippen molar-refractivity contribution in [3.05, 3.63) is 28.7 Å². The molecule has 0 unspecified atom stereocenters. The van der Waals surface area contributed by atoms with E-state index in [0.717, 1.165) is 30.4 Å². The van der Waals surface area contributed by atoms with Gasteiger partial charge in [-0.2, -0.15) is 0 Å².